The van der Waals surface area contributed by atoms with Crippen LogP contribution in [-0.4, -0.2) is 51.1 Å². The van der Waals surface area contributed by atoms with Gasteiger partial charge in [0.25, 0.3) is 0 Å². The van der Waals surface area contributed by atoms with E-state index < -0.39 is 7.12 Å². The van der Waals surface area contributed by atoms with Crippen molar-refractivity contribution in [1.82, 2.24) is 0 Å². The van der Waals surface area contributed by atoms with Crippen molar-refractivity contribution in [3.8, 4) is 0 Å². The molecule has 0 saturated carbocycles. The normalized spacial score (nSPS) is 9.59. The molecule has 0 radical (unpaired) electrons. The fourth-order valence-corrected chi connectivity index (χ4v) is 2.35. The third-order valence-corrected chi connectivity index (χ3v) is 4.27. The van der Waals surface area contributed by atoms with Gasteiger partial charge in [0.05, 0.1) is 6.61 Å². The molecule has 8 heteroatoms. The van der Waals surface area contributed by atoms with E-state index in [4.69, 9.17) is 20.5 Å². The van der Waals surface area contributed by atoms with Crippen LogP contribution in [0, 0.1) is 0 Å². The first-order valence-corrected chi connectivity index (χ1v) is 10.1. The molecule has 0 atom stereocenters. The van der Waals surface area contributed by atoms with Crippen LogP contribution in [0.4, 0.5) is 0 Å². The SMILES string of the molecule is COCCCc1ccc(Br)cc1.COCCN.OB(O)c1ccc(Br)cc1. The number of benzene rings is 2. The lowest BCUT2D eigenvalue weighted by molar-refractivity contribution is 0.195. The molecular formula is C19H28BBr2NO4. The Morgan fingerprint density at radius 2 is 1.33 bits per heavy atom. The number of hydrogen-bond acceptors (Lipinski definition) is 5. The van der Waals surface area contributed by atoms with Crippen molar-refractivity contribution in [2.75, 3.05) is 34.0 Å². The van der Waals surface area contributed by atoms with Crippen molar-refractivity contribution in [2.45, 2.75) is 12.8 Å². The Morgan fingerprint density at radius 3 is 1.70 bits per heavy atom. The Kier molecular flexibility index (Phi) is 16.9. The molecule has 0 aliphatic heterocycles. The van der Waals surface area contributed by atoms with Crippen molar-refractivity contribution < 1.29 is 19.5 Å². The van der Waals surface area contributed by atoms with E-state index in [-0.39, 0.29) is 0 Å². The van der Waals surface area contributed by atoms with Crippen LogP contribution in [0.3, 0.4) is 0 Å². The average molecular weight is 505 g/mol. The molecule has 2 rings (SSSR count). The summed E-state index contributed by atoms with van der Waals surface area (Å²) < 4.78 is 11.6. The van der Waals surface area contributed by atoms with E-state index in [1.54, 1.807) is 38.5 Å². The lowest BCUT2D eigenvalue weighted by Crippen LogP contribution is -2.29. The molecule has 150 valence electrons. The number of hydrogen-bond donors (Lipinski definition) is 3. The van der Waals surface area contributed by atoms with E-state index >= 15 is 0 Å². The van der Waals surface area contributed by atoms with Crippen LogP contribution < -0.4 is 11.2 Å². The van der Waals surface area contributed by atoms with Gasteiger partial charge in [0, 0.05) is 36.3 Å². The molecule has 0 fully saturated rings. The van der Waals surface area contributed by atoms with E-state index in [1.165, 1.54) is 5.56 Å². The van der Waals surface area contributed by atoms with Gasteiger partial charge in [-0.1, -0.05) is 56.1 Å². The third kappa shape index (κ3) is 14.9. The summed E-state index contributed by atoms with van der Waals surface area (Å²) in [4.78, 5) is 0. The van der Waals surface area contributed by atoms with Crippen molar-refractivity contribution in [3.05, 3.63) is 63.0 Å². The molecule has 0 saturated heterocycles. The molecule has 0 unspecified atom stereocenters. The molecule has 0 aliphatic carbocycles. The molecule has 5 nitrogen and oxygen atoms in total. The van der Waals surface area contributed by atoms with Gasteiger partial charge in [0.2, 0.25) is 0 Å². The van der Waals surface area contributed by atoms with Crippen LogP contribution in [0.2, 0.25) is 0 Å². The minimum atomic E-state index is -1.37. The molecule has 0 bridgehead atoms. The number of aryl methyl sites for hydroxylation is 1. The molecule has 0 amide bonds. The quantitative estimate of drug-likeness (QED) is 0.399. The topological polar surface area (TPSA) is 84.9 Å². The first kappa shape index (κ1) is 26.3. The molecule has 2 aromatic carbocycles. The molecule has 2 aromatic rings. The van der Waals surface area contributed by atoms with Crippen molar-refractivity contribution in [1.29, 1.82) is 0 Å². The Morgan fingerprint density at radius 1 is 0.852 bits per heavy atom. The van der Waals surface area contributed by atoms with Gasteiger partial charge in [-0.05, 0) is 48.1 Å². The number of ether oxygens (including phenoxy) is 2. The highest BCUT2D eigenvalue weighted by molar-refractivity contribution is 9.10. The Hall–Kier alpha value is -0.735. The van der Waals surface area contributed by atoms with Crippen LogP contribution in [0.1, 0.15) is 12.0 Å². The molecule has 0 aromatic heterocycles. The van der Waals surface area contributed by atoms with E-state index in [0.717, 1.165) is 28.4 Å². The molecule has 27 heavy (non-hydrogen) atoms. The first-order valence-electron chi connectivity index (χ1n) is 8.48. The van der Waals surface area contributed by atoms with Gasteiger partial charge in [-0.3, -0.25) is 0 Å². The summed E-state index contributed by atoms with van der Waals surface area (Å²) in [6.45, 7) is 2.13. The standard InChI is InChI=1S/C10H13BrO.C6H6BBrO2.C3H9NO/c1-12-8-2-3-9-4-6-10(11)7-5-9;8-6-3-1-5(2-4-6)7(9)10;1-5-3-2-4/h4-7H,2-3,8H2,1H3;1-4,9-10H;2-4H2,1H3. The van der Waals surface area contributed by atoms with Crippen LogP contribution >= 0.6 is 31.9 Å². The zero-order valence-corrected chi connectivity index (χ0v) is 18.9. The maximum Gasteiger partial charge on any atom is 0.488 e. The van der Waals surface area contributed by atoms with Crippen LogP contribution in [-0.2, 0) is 15.9 Å². The highest BCUT2D eigenvalue weighted by Crippen LogP contribution is 2.11. The number of methoxy groups -OCH3 is 2. The second-order valence-electron chi connectivity index (χ2n) is 5.43. The Bertz CT molecular complexity index is 581. The fraction of sp³-hybridized carbons (Fsp3) is 0.368. The minimum Gasteiger partial charge on any atom is -0.423 e. The summed E-state index contributed by atoms with van der Waals surface area (Å²) in [5.74, 6) is 0. The monoisotopic (exact) mass is 503 g/mol. The summed E-state index contributed by atoms with van der Waals surface area (Å²) in [7, 11) is 2.00. The van der Waals surface area contributed by atoms with Gasteiger partial charge in [0.1, 0.15) is 0 Å². The number of rotatable bonds is 7. The maximum atomic E-state index is 8.65. The predicted octanol–water partition coefficient (Wildman–Crippen LogP) is 2.75. The second kappa shape index (κ2) is 17.4. The predicted molar refractivity (Wildman–Crippen MR) is 119 cm³/mol. The highest BCUT2D eigenvalue weighted by Gasteiger charge is 2.08. The smallest absolute Gasteiger partial charge is 0.423 e. The van der Waals surface area contributed by atoms with Gasteiger partial charge in [-0.25, -0.2) is 0 Å². The lowest BCUT2D eigenvalue weighted by Gasteiger charge is -2.00. The summed E-state index contributed by atoms with van der Waals surface area (Å²) in [5.41, 5.74) is 6.89. The maximum absolute atomic E-state index is 8.65. The van der Waals surface area contributed by atoms with E-state index in [9.17, 15) is 0 Å². The largest absolute Gasteiger partial charge is 0.488 e. The van der Waals surface area contributed by atoms with E-state index in [1.807, 2.05) is 0 Å². The molecule has 4 N–H and O–H groups in total. The highest BCUT2D eigenvalue weighted by atomic mass is 79.9. The van der Waals surface area contributed by atoms with Crippen molar-refractivity contribution >= 4 is 44.4 Å². The Balaban J connectivity index is 0.000000408. The van der Waals surface area contributed by atoms with Crippen molar-refractivity contribution in [3.63, 3.8) is 0 Å². The summed E-state index contributed by atoms with van der Waals surface area (Å²) >= 11 is 6.63. The molecule has 0 aliphatic rings. The summed E-state index contributed by atoms with van der Waals surface area (Å²) in [6, 6.07) is 15.2. The zero-order valence-electron chi connectivity index (χ0n) is 15.8. The fourth-order valence-electron chi connectivity index (χ4n) is 1.82. The zero-order chi connectivity index (χ0) is 20.5. The summed E-state index contributed by atoms with van der Waals surface area (Å²) in [5, 5.41) is 17.3. The molecular weight excluding hydrogens is 477 g/mol. The van der Waals surface area contributed by atoms with E-state index in [0.29, 0.717) is 18.6 Å². The second-order valence-corrected chi connectivity index (χ2v) is 7.26. The van der Waals surface area contributed by atoms with Crippen molar-refractivity contribution in [2.24, 2.45) is 5.73 Å². The third-order valence-electron chi connectivity index (χ3n) is 3.22. The first-order chi connectivity index (χ1) is 12.9. The molecule has 0 heterocycles. The number of nitrogens with two attached hydrogens (primary N) is 1. The summed E-state index contributed by atoms with van der Waals surface area (Å²) in [6.07, 6.45) is 2.19. The van der Waals surface area contributed by atoms with Gasteiger partial charge in [0.15, 0.2) is 0 Å². The average Bonchev–Trinajstić information content (AvgIpc) is 2.66. The molecule has 0 spiro atoms. The minimum absolute atomic E-state index is 0.503. The lowest BCUT2D eigenvalue weighted by atomic mass is 9.81. The Labute approximate surface area is 179 Å². The van der Waals surface area contributed by atoms with Gasteiger partial charge in [-0.2, -0.15) is 0 Å². The van der Waals surface area contributed by atoms with Gasteiger partial charge >= 0.3 is 7.12 Å². The van der Waals surface area contributed by atoms with Crippen LogP contribution in [0.5, 0.6) is 0 Å². The number of halogens is 2. The van der Waals surface area contributed by atoms with E-state index in [2.05, 4.69) is 60.9 Å². The van der Waals surface area contributed by atoms with Crippen LogP contribution in [0.15, 0.2) is 57.5 Å². The van der Waals surface area contributed by atoms with Gasteiger partial charge < -0.3 is 25.3 Å². The van der Waals surface area contributed by atoms with Gasteiger partial charge in [-0.15, -0.1) is 0 Å². The van der Waals surface area contributed by atoms with Crippen LogP contribution in [0.25, 0.3) is 0 Å².